The molecule has 2 N–H and O–H groups in total. The zero-order valence-electron chi connectivity index (χ0n) is 8.22. The van der Waals surface area contributed by atoms with E-state index < -0.39 is 0 Å². The molecular weight excluding hydrogens is 166 g/mol. The van der Waals surface area contributed by atoms with Gasteiger partial charge < -0.3 is 9.84 Å². The van der Waals surface area contributed by atoms with Crippen molar-refractivity contribution in [1.82, 2.24) is 10.5 Å². The van der Waals surface area contributed by atoms with Crippen LogP contribution in [-0.2, 0) is 0 Å². The minimum Gasteiger partial charge on any atom is -0.368 e. The topological polar surface area (TPSA) is 50.1 Å². The highest BCUT2D eigenvalue weighted by atomic mass is 16.5. The molecule has 2 rings (SSSR count). The third-order valence-corrected chi connectivity index (χ3v) is 2.31. The number of rotatable bonds is 0. The van der Waals surface area contributed by atoms with E-state index in [9.17, 15) is 0 Å². The first-order valence-electron chi connectivity index (χ1n) is 4.51. The molecule has 2 heterocycles. The summed E-state index contributed by atoms with van der Waals surface area (Å²) in [5.41, 5.74) is 1.16. The van der Waals surface area contributed by atoms with Crippen molar-refractivity contribution >= 4 is 5.69 Å². The average molecular weight is 181 g/mol. The van der Waals surface area contributed by atoms with Crippen LogP contribution in [0.5, 0.6) is 0 Å². The highest BCUT2D eigenvalue weighted by Crippen LogP contribution is 2.37. The number of hydrogen-bond acceptors (Lipinski definition) is 4. The lowest BCUT2D eigenvalue weighted by Gasteiger charge is -2.33. The van der Waals surface area contributed by atoms with Crippen LogP contribution in [-0.4, -0.2) is 11.8 Å². The fourth-order valence-electron chi connectivity index (χ4n) is 1.63. The van der Waals surface area contributed by atoms with Crippen molar-refractivity contribution in [3.8, 4) is 0 Å². The second-order valence-electron chi connectivity index (χ2n) is 4.46. The Hall–Kier alpha value is -1.03. The highest BCUT2D eigenvalue weighted by molar-refractivity contribution is 5.48. The van der Waals surface area contributed by atoms with Gasteiger partial charge in [-0.3, -0.25) is 5.32 Å². The lowest BCUT2D eigenvalue weighted by Crippen LogP contribution is -2.39. The Morgan fingerprint density at radius 1 is 1.54 bits per heavy atom. The van der Waals surface area contributed by atoms with Gasteiger partial charge in [-0.15, -0.1) is 0 Å². The van der Waals surface area contributed by atoms with E-state index in [1.807, 2.05) is 0 Å². The van der Waals surface area contributed by atoms with Gasteiger partial charge in [-0.25, -0.2) is 0 Å². The molecule has 1 aliphatic heterocycles. The third-order valence-electron chi connectivity index (χ3n) is 2.31. The van der Waals surface area contributed by atoms with Crippen LogP contribution >= 0.6 is 0 Å². The number of nitrogens with one attached hydrogen (secondary N) is 2. The van der Waals surface area contributed by atoms with Crippen molar-refractivity contribution in [1.29, 1.82) is 0 Å². The number of nitrogens with zero attached hydrogens (tertiary/aromatic N) is 1. The summed E-state index contributed by atoms with van der Waals surface area (Å²) in [5.74, 6) is 0.916. The van der Waals surface area contributed by atoms with Gasteiger partial charge in [0.2, 0.25) is 0 Å². The van der Waals surface area contributed by atoms with Gasteiger partial charge in [-0.1, -0.05) is 25.9 Å². The Balaban J connectivity index is 2.35. The molecule has 0 radical (unpaired) electrons. The Kier molecular flexibility index (Phi) is 1.80. The van der Waals surface area contributed by atoms with Crippen LogP contribution in [0.1, 0.15) is 32.6 Å². The van der Waals surface area contributed by atoms with E-state index in [2.05, 4.69) is 36.6 Å². The van der Waals surface area contributed by atoms with E-state index in [0.717, 1.165) is 18.1 Å². The van der Waals surface area contributed by atoms with E-state index in [1.54, 1.807) is 6.20 Å². The Labute approximate surface area is 77.7 Å². The molecular formula is C9H15N3O. The Morgan fingerprint density at radius 2 is 2.31 bits per heavy atom. The molecule has 1 atom stereocenters. The van der Waals surface area contributed by atoms with Gasteiger partial charge >= 0.3 is 0 Å². The first kappa shape index (κ1) is 8.56. The lowest BCUT2D eigenvalue weighted by atomic mass is 9.84. The smallest absolute Gasteiger partial charge is 0.177 e. The number of hydrogen-bond donors (Lipinski definition) is 2. The van der Waals surface area contributed by atoms with Gasteiger partial charge in [0.1, 0.15) is 5.69 Å². The average Bonchev–Trinajstić information content (AvgIpc) is 2.48. The summed E-state index contributed by atoms with van der Waals surface area (Å²) in [6.07, 6.45) is 1.73. The molecule has 0 aliphatic carbocycles. The summed E-state index contributed by atoms with van der Waals surface area (Å²) in [6.45, 7) is 7.32. The molecule has 0 aromatic carbocycles. The molecule has 0 bridgehead atoms. The van der Waals surface area contributed by atoms with Crippen molar-refractivity contribution in [2.75, 3.05) is 12.0 Å². The summed E-state index contributed by atoms with van der Waals surface area (Å²) in [7, 11) is 0. The first-order chi connectivity index (χ1) is 6.09. The van der Waals surface area contributed by atoms with Gasteiger partial charge in [0.25, 0.3) is 0 Å². The zero-order chi connectivity index (χ0) is 9.47. The van der Waals surface area contributed by atoms with E-state index >= 15 is 0 Å². The predicted molar refractivity (Wildman–Crippen MR) is 50.3 cm³/mol. The second-order valence-corrected chi connectivity index (χ2v) is 4.46. The van der Waals surface area contributed by atoms with Gasteiger partial charge in [0.15, 0.2) is 5.76 Å². The maximum Gasteiger partial charge on any atom is 0.177 e. The van der Waals surface area contributed by atoms with Crippen molar-refractivity contribution in [3.63, 3.8) is 0 Å². The minimum atomic E-state index is 0.149. The maximum absolute atomic E-state index is 5.22. The van der Waals surface area contributed by atoms with Gasteiger partial charge in [0, 0.05) is 0 Å². The fraction of sp³-hybridized carbons (Fsp3) is 0.667. The Bertz CT molecular complexity index is 300. The van der Waals surface area contributed by atoms with Crippen molar-refractivity contribution in [3.05, 3.63) is 12.0 Å². The van der Waals surface area contributed by atoms with E-state index in [4.69, 9.17) is 4.52 Å². The quantitative estimate of drug-likeness (QED) is 0.640. The molecule has 1 aromatic heterocycles. The molecule has 0 spiro atoms. The van der Waals surface area contributed by atoms with Gasteiger partial charge in [0.05, 0.1) is 18.9 Å². The summed E-state index contributed by atoms with van der Waals surface area (Å²) in [5, 5.41) is 10.3. The van der Waals surface area contributed by atoms with Gasteiger partial charge in [-0.2, -0.15) is 0 Å². The molecule has 4 heteroatoms. The summed E-state index contributed by atoms with van der Waals surface area (Å²) < 4.78 is 5.22. The summed E-state index contributed by atoms with van der Waals surface area (Å²) >= 11 is 0. The van der Waals surface area contributed by atoms with Crippen LogP contribution in [0.3, 0.4) is 0 Å². The zero-order valence-corrected chi connectivity index (χ0v) is 8.22. The highest BCUT2D eigenvalue weighted by Gasteiger charge is 2.33. The van der Waals surface area contributed by atoms with Crippen LogP contribution in [0.15, 0.2) is 10.7 Å². The molecule has 4 nitrogen and oxygen atoms in total. The molecule has 0 fully saturated rings. The van der Waals surface area contributed by atoms with Crippen LogP contribution in [0, 0.1) is 5.41 Å². The fourth-order valence-corrected chi connectivity index (χ4v) is 1.63. The molecule has 0 amide bonds. The van der Waals surface area contributed by atoms with E-state index in [0.29, 0.717) is 0 Å². The minimum absolute atomic E-state index is 0.149. The van der Waals surface area contributed by atoms with Crippen molar-refractivity contribution < 1.29 is 4.52 Å². The summed E-state index contributed by atoms with van der Waals surface area (Å²) in [6, 6.07) is 0.242. The summed E-state index contributed by atoms with van der Waals surface area (Å²) in [4.78, 5) is 0. The van der Waals surface area contributed by atoms with E-state index in [1.165, 1.54) is 0 Å². The molecule has 1 aliphatic rings. The largest absolute Gasteiger partial charge is 0.368 e. The monoisotopic (exact) mass is 181 g/mol. The first-order valence-corrected chi connectivity index (χ1v) is 4.51. The molecule has 1 aromatic rings. The number of aromatic nitrogens is 1. The third kappa shape index (κ3) is 1.42. The predicted octanol–water partition coefficient (Wildman–Crippen LogP) is 1.73. The molecule has 0 unspecified atom stereocenters. The van der Waals surface area contributed by atoms with Crippen molar-refractivity contribution in [2.45, 2.75) is 26.8 Å². The van der Waals surface area contributed by atoms with Crippen LogP contribution in [0.25, 0.3) is 0 Å². The number of fused-ring (bicyclic) bond motifs is 1. The molecule has 0 saturated heterocycles. The molecule has 72 valence electrons. The molecule has 13 heavy (non-hydrogen) atoms. The van der Waals surface area contributed by atoms with E-state index in [-0.39, 0.29) is 11.5 Å². The SMILES string of the molecule is CC(C)(C)[C@@H]1NCNc2cnoc21. The van der Waals surface area contributed by atoms with Gasteiger partial charge in [-0.05, 0) is 5.41 Å². The lowest BCUT2D eigenvalue weighted by molar-refractivity contribution is 0.219. The standard InChI is InChI=1S/C9H15N3O/c1-9(2,3)8-7-6(4-12-13-7)10-5-11-8/h4,8,10-11H,5H2,1-3H3/t8-/m1/s1. The Morgan fingerprint density at radius 3 is 3.00 bits per heavy atom. The van der Waals surface area contributed by atoms with Crippen molar-refractivity contribution in [2.24, 2.45) is 5.41 Å². The van der Waals surface area contributed by atoms with Crippen LogP contribution in [0.2, 0.25) is 0 Å². The van der Waals surface area contributed by atoms with Crippen LogP contribution < -0.4 is 10.6 Å². The van der Waals surface area contributed by atoms with Crippen LogP contribution in [0.4, 0.5) is 5.69 Å². The normalized spacial score (nSPS) is 22.2. The number of anilines is 1. The molecule has 0 saturated carbocycles. The maximum atomic E-state index is 5.22. The second kappa shape index (κ2) is 2.73.